The van der Waals surface area contributed by atoms with Crippen LogP contribution in [0.15, 0.2) is 0 Å². The van der Waals surface area contributed by atoms with Gasteiger partial charge in [0.1, 0.15) is 5.60 Å². The van der Waals surface area contributed by atoms with E-state index in [4.69, 9.17) is 9.47 Å². The van der Waals surface area contributed by atoms with Crippen LogP contribution in [0.1, 0.15) is 79.1 Å². The third kappa shape index (κ3) is 8.41. The first-order chi connectivity index (χ1) is 14.5. The molecular formula is C23H41NO7. The molecule has 0 bridgehead atoms. The highest BCUT2D eigenvalue weighted by atomic mass is 16.6. The Labute approximate surface area is 186 Å². The van der Waals surface area contributed by atoms with E-state index >= 15 is 0 Å². The van der Waals surface area contributed by atoms with E-state index in [2.05, 4.69) is 5.32 Å². The number of carbonyl (C=O) groups excluding carboxylic acids is 2. The van der Waals surface area contributed by atoms with Gasteiger partial charge in [-0.2, -0.15) is 0 Å². The van der Waals surface area contributed by atoms with Crippen LogP contribution in [0.25, 0.3) is 0 Å². The highest BCUT2D eigenvalue weighted by Gasteiger charge is 2.45. The van der Waals surface area contributed by atoms with Crippen molar-refractivity contribution in [3.63, 3.8) is 0 Å². The molecule has 3 atom stereocenters. The number of hydrogen-bond donors (Lipinski definition) is 3. The Bertz CT molecular complexity index is 593. The number of ether oxygens (including phenoxy) is 2. The molecule has 8 heteroatoms. The monoisotopic (exact) mass is 443 g/mol. The summed E-state index contributed by atoms with van der Waals surface area (Å²) in [6.45, 7) is 7.36. The fraction of sp³-hybridized carbons (Fsp3) is 0.870. The first-order valence-corrected chi connectivity index (χ1v) is 11.4. The molecule has 1 aliphatic carbocycles. The fourth-order valence-electron chi connectivity index (χ4n) is 4.46. The number of carboxylic acid groups (broad SMARTS) is 1. The molecule has 1 fully saturated rings. The average Bonchev–Trinajstić information content (AvgIpc) is 3.14. The number of nitrogens with one attached hydrogen (secondary N) is 1. The molecule has 180 valence electrons. The normalized spacial score (nSPS) is 18.8. The zero-order valence-corrected chi connectivity index (χ0v) is 19.7. The Hall–Kier alpha value is -1.67. The third-order valence-electron chi connectivity index (χ3n) is 6.09. The second-order valence-corrected chi connectivity index (χ2v) is 9.65. The van der Waals surface area contributed by atoms with Crippen LogP contribution in [-0.2, 0) is 23.9 Å². The van der Waals surface area contributed by atoms with Crippen molar-refractivity contribution in [2.75, 3.05) is 20.3 Å². The standard InChI is InChI=1S/C23H41NO7/c1-6-17(19(26)27)18(9-13-25)24-21(29)23(11-7-8-12-23)15-16(10-14-30-5)20(28)31-22(2,3)4/h16-18,25H,6-15H2,1-5H3,(H,24,29)(H,26,27)/t16-,17?,18+/m1/s1. The van der Waals surface area contributed by atoms with E-state index in [0.29, 0.717) is 38.7 Å². The number of esters is 1. The van der Waals surface area contributed by atoms with Gasteiger partial charge in [0.15, 0.2) is 0 Å². The lowest BCUT2D eigenvalue weighted by Crippen LogP contribution is -2.50. The molecule has 1 unspecified atom stereocenters. The summed E-state index contributed by atoms with van der Waals surface area (Å²) in [5.74, 6) is -2.82. The Kier molecular flexibility index (Phi) is 10.9. The maximum atomic E-state index is 13.4. The molecule has 1 saturated carbocycles. The highest BCUT2D eigenvalue weighted by molar-refractivity contribution is 5.85. The number of hydrogen-bond acceptors (Lipinski definition) is 6. The summed E-state index contributed by atoms with van der Waals surface area (Å²) in [7, 11) is 1.57. The van der Waals surface area contributed by atoms with Crippen LogP contribution in [0.5, 0.6) is 0 Å². The van der Waals surface area contributed by atoms with Gasteiger partial charge in [-0.15, -0.1) is 0 Å². The summed E-state index contributed by atoms with van der Waals surface area (Å²) in [6, 6.07) is -0.656. The molecule has 0 aromatic rings. The summed E-state index contributed by atoms with van der Waals surface area (Å²) in [6.07, 6.45) is 4.34. The van der Waals surface area contributed by atoms with Crippen molar-refractivity contribution in [2.24, 2.45) is 17.3 Å². The Morgan fingerprint density at radius 3 is 2.19 bits per heavy atom. The van der Waals surface area contributed by atoms with Crippen LogP contribution in [-0.4, -0.2) is 60.0 Å². The van der Waals surface area contributed by atoms with E-state index in [1.165, 1.54) is 0 Å². The van der Waals surface area contributed by atoms with Gasteiger partial charge >= 0.3 is 11.9 Å². The summed E-state index contributed by atoms with van der Waals surface area (Å²) >= 11 is 0. The Morgan fingerprint density at radius 2 is 1.74 bits per heavy atom. The maximum Gasteiger partial charge on any atom is 0.309 e. The van der Waals surface area contributed by atoms with Crippen molar-refractivity contribution in [3.05, 3.63) is 0 Å². The van der Waals surface area contributed by atoms with Crippen LogP contribution >= 0.6 is 0 Å². The average molecular weight is 444 g/mol. The molecule has 0 spiro atoms. The lowest BCUT2D eigenvalue weighted by atomic mass is 9.75. The highest BCUT2D eigenvalue weighted by Crippen LogP contribution is 2.44. The largest absolute Gasteiger partial charge is 0.481 e. The van der Waals surface area contributed by atoms with Gasteiger partial charge in [-0.3, -0.25) is 14.4 Å². The van der Waals surface area contributed by atoms with Gasteiger partial charge in [-0.25, -0.2) is 0 Å². The quantitative estimate of drug-likeness (QED) is 0.374. The molecule has 0 aromatic heterocycles. The minimum atomic E-state index is -0.992. The molecule has 0 radical (unpaired) electrons. The van der Waals surface area contributed by atoms with Crippen LogP contribution in [0, 0.1) is 17.3 Å². The topological polar surface area (TPSA) is 122 Å². The van der Waals surface area contributed by atoms with Crippen molar-refractivity contribution in [2.45, 2.75) is 90.7 Å². The zero-order valence-electron chi connectivity index (χ0n) is 19.7. The van der Waals surface area contributed by atoms with E-state index < -0.39 is 34.9 Å². The molecule has 0 aliphatic heterocycles. The summed E-state index contributed by atoms with van der Waals surface area (Å²) in [5.41, 5.74) is -1.38. The molecule has 1 aliphatic rings. The number of aliphatic hydroxyl groups is 1. The van der Waals surface area contributed by atoms with Crippen molar-refractivity contribution in [1.82, 2.24) is 5.32 Å². The van der Waals surface area contributed by atoms with Crippen molar-refractivity contribution < 1.29 is 34.1 Å². The van der Waals surface area contributed by atoms with E-state index in [9.17, 15) is 24.6 Å². The second kappa shape index (κ2) is 12.4. The van der Waals surface area contributed by atoms with Gasteiger partial charge in [0.25, 0.3) is 0 Å². The smallest absolute Gasteiger partial charge is 0.309 e. The summed E-state index contributed by atoms with van der Waals surface area (Å²) in [5, 5.41) is 21.9. The third-order valence-corrected chi connectivity index (χ3v) is 6.09. The lowest BCUT2D eigenvalue weighted by Gasteiger charge is -2.35. The van der Waals surface area contributed by atoms with Crippen molar-refractivity contribution >= 4 is 17.8 Å². The van der Waals surface area contributed by atoms with Crippen LogP contribution < -0.4 is 5.32 Å². The van der Waals surface area contributed by atoms with Crippen molar-refractivity contribution in [1.29, 1.82) is 0 Å². The number of amides is 1. The van der Waals surface area contributed by atoms with Crippen LogP contribution in [0.3, 0.4) is 0 Å². The predicted molar refractivity (Wildman–Crippen MR) is 116 cm³/mol. The number of carboxylic acids is 1. The zero-order chi connectivity index (χ0) is 23.7. The number of aliphatic hydroxyl groups excluding tert-OH is 1. The molecule has 31 heavy (non-hydrogen) atoms. The number of aliphatic carboxylic acids is 1. The van der Waals surface area contributed by atoms with Gasteiger partial charge in [0.2, 0.25) is 5.91 Å². The molecule has 1 amide bonds. The van der Waals surface area contributed by atoms with Gasteiger partial charge in [0.05, 0.1) is 17.3 Å². The molecule has 0 aromatic carbocycles. The molecule has 8 nitrogen and oxygen atoms in total. The minimum absolute atomic E-state index is 0.172. The molecular weight excluding hydrogens is 402 g/mol. The second-order valence-electron chi connectivity index (χ2n) is 9.65. The molecule has 0 heterocycles. The molecule has 3 N–H and O–H groups in total. The summed E-state index contributed by atoms with van der Waals surface area (Å²) in [4.78, 5) is 37.9. The number of methoxy groups -OCH3 is 1. The van der Waals surface area contributed by atoms with E-state index in [1.807, 2.05) is 20.8 Å². The predicted octanol–water partition coefficient (Wildman–Crippen LogP) is 2.91. The molecule has 0 saturated heterocycles. The number of carbonyl (C=O) groups is 3. The SMILES string of the molecule is CCC(C(=O)O)[C@H](CCO)NC(=O)C1(C[C@@H](CCOC)C(=O)OC(C)(C)C)CCCC1. The van der Waals surface area contributed by atoms with E-state index in [1.54, 1.807) is 14.0 Å². The maximum absolute atomic E-state index is 13.4. The van der Waals surface area contributed by atoms with Crippen LogP contribution in [0.2, 0.25) is 0 Å². The van der Waals surface area contributed by atoms with Gasteiger partial charge in [-0.05, 0) is 59.3 Å². The van der Waals surface area contributed by atoms with Gasteiger partial charge in [-0.1, -0.05) is 19.8 Å². The summed E-state index contributed by atoms with van der Waals surface area (Å²) < 4.78 is 10.8. The van der Waals surface area contributed by atoms with Gasteiger partial charge in [0, 0.05) is 26.4 Å². The lowest BCUT2D eigenvalue weighted by molar-refractivity contribution is -0.162. The van der Waals surface area contributed by atoms with Crippen molar-refractivity contribution in [3.8, 4) is 0 Å². The first kappa shape index (κ1) is 27.4. The number of rotatable bonds is 13. The van der Waals surface area contributed by atoms with E-state index in [-0.39, 0.29) is 24.9 Å². The first-order valence-electron chi connectivity index (χ1n) is 11.4. The minimum Gasteiger partial charge on any atom is -0.481 e. The van der Waals surface area contributed by atoms with Gasteiger partial charge < -0.3 is 25.0 Å². The van der Waals surface area contributed by atoms with E-state index in [0.717, 1.165) is 12.8 Å². The van der Waals surface area contributed by atoms with Crippen LogP contribution in [0.4, 0.5) is 0 Å². The molecule has 1 rings (SSSR count). The Balaban J connectivity index is 3.08. The fourth-order valence-corrected chi connectivity index (χ4v) is 4.46. The Morgan fingerprint density at radius 1 is 1.13 bits per heavy atom.